The molecule has 9 heteroatoms. The molecule has 1 saturated heterocycles. The molecule has 2 bridgehead atoms. The molecule has 0 radical (unpaired) electrons. The average Bonchev–Trinajstić information content (AvgIpc) is 3.40. The molecule has 1 aromatic heterocycles. The fourth-order valence-corrected chi connectivity index (χ4v) is 7.14. The van der Waals surface area contributed by atoms with Gasteiger partial charge in [-0.1, -0.05) is 5.16 Å². The Morgan fingerprint density at radius 3 is 2.55 bits per heavy atom. The number of benzene rings is 1. The minimum atomic E-state index is -3.72. The standard InChI is InChI=1S/C20H23N3O5S/c1-10-17(11(2)28-22-10)21-20(25)12-3-5-15(6-4-12)29(26,27)23-9-14-7-13-8-16(14)18(23)19(13)24/h3-6,13-14,16,18-19,24H,7-9H2,1-2H3,(H,21,25)/t13-,14-,16+,18+,19-/m0/s1. The summed E-state index contributed by atoms with van der Waals surface area (Å²) in [6, 6.07) is 5.59. The Morgan fingerprint density at radius 1 is 1.21 bits per heavy atom. The van der Waals surface area contributed by atoms with Gasteiger partial charge >= 0.3 is 0 Å². The van der Waals surface area contributed by atoms with Gasteiger partial charge in [0, 0.05) is 12.1 Å². The maximum Gasteiger partial charge on any atom is 0.255 e. The van der Waals surface area contributed by atoms with Crippen molar-refractivity contribution in [1.82, 2.24) is 9.46 Å². The zero-order chi connectivity index (χ0) is 20.5. The van der Waals surface area contributed by atoms with E-state index >= 15 is 0 Å². The molecule has 5 atom stereocenters. The van der Waals surface area contributed by atoms with E-state index < -0.39 is 16.1 Å². The second-order valence-electron chi connectivity index (χ2n) is 8.39. The number of rotatable bonds is 4. The van der Waals surface area contributed by atoms with Crippen LogP contribution in [0.5, 0.6) is 0 Å². The predicted molar refractivity (Wildman–Crippen MR) is 104 cm³/mol. The minimum absolute atomic E-state index is 0.142. The number of aliphatic hydroxyl groups excluding tert-OH is 1. The van der Waals surface area contributed by atoms with Crippen LogP contribution in [0, 0.1) is 31.6 Å². The summed E-state index contributed by atoms with van der Waals surface area (Å²) in [4.78, 5) is 12.6. The summed E-state index contributed by atoms with van der Waals surface area (Å²) in [5.41, 5.74) is 1.43. The first-order valence-electron chi connectivity index (χ1n) is 9.81. The zero-order valence-electron chi connectivity index (χ0n) is 16.2. The van der Waals surface area contributed by atoms with Crippen molar-refractivity contribution in [3.8, 4) is 0 Å². The number of aryl methyl sites for hydroxylation is 2. The summed E-state index contributed by atoms with van der Waals surface area (Å²) in [5, 5.41) is 17.0. The Hall–Kier alpha value is -2.23. The number of amides is 1. The molecule has 29 heavy (non-hydrogen) atoms. The third-order valence-electron chi connectivity index (χ3n) is 6.80. The lowest BCUT2D eigenvalue weighted by Crippen LogP contribution is -2.43. The van der Waals surface area contributed by atoms with Gasteiger partial charge in [0.2, 0.25) is 10.0 Å². The molecule has 1 aliphatic heterocycles. The largest absolute Gasteiger partial charge is 0.391 e. The molecule has 1 amide bonds. The van der Waals surface area contributed by atoms with Crippen LogP contribution in [0.15, 0.2) is 33.7 Å². The summed E-state index contributed by atoms with van der Waals surface area (Å²) in [6.07, 6.45) is 1.26. The van der Waals surface area contributed by atoms with Crippen LogP contribution in [0.25, 0.3) is 0 Å². The van der Waals surface area contributed by atoms with E-state index in [1.54, 1.807) is 13.8 Å². The van der Waals surface area contributed by atoms with Crippen molar-refractivity contribution >= 4 is 21.6 Å². The molecule has 1 aromatic carbocycles. The molecular formula is C20H23N3O5S. The third kappa shape index (κ3) is 2.75. The van der Waals surface area contributed by atoms with Gasteiger partial charge in [-0.05, 0) is 68.7 Å². The van der Waals surface area contributed by atoms with Gasteiger partial charge in [0.05, 0.1) is 17.0 Å². The molecule has 2 aliphatic carbocycles. The van der Waals surface area contributed by atoms with Gasteiger partial charge in [-0.15, -0.1) is 0 Å². The van der Waals surface area contributed by atoms with Gasteiger partial charge in [-0.3, -0.25) is 4.79 Å². The van der Waals surface area contributed by atoms with Crippen molar-refractivity contribution in [2.24, 2.45) is 17.8 Å². The van der Waals surface area contributed by atoms with Crippen molar-refractivity contribution in [2.45, 2.75) is 43.7 Å². The first-order valence-corrected chi connectivity index (χ1v) is 11.3. The SMILES string of the molecule is Cc1noc(C)c1NC(=O)c1ccc(S(=O)(=O)N2C[C@@H]3C[C@H]4C[C@H]3[C@@H]2[C@H]4O)cc1. The van der Waals surface area contributed by atoms with E-state index in [0.717, 1.165) is 12.8 Å². The van der Waals surface area contributed by atoms with Crippen molar-refractivity contribution in [2.75, 3.05) is 11.9 Å². The lowest BCUT2D eigenvalue weighted by molar-refractivity contribution is 0.0731. The van der Waals surface area contributed by atoms with Crippen molar-refractivity contribution in [3.63, 3.8) is 0 Å². The van der Waals surface area contributed by atoms with Crippen LogP contribution in [0.2, 0.25) is 0 Å². The fourth-order valence-electron chi connectivity index (χ4n) is 5.40. The van der Waals surface area contributed by atoms with Crippen LogP contribution in [-0.2, 0) is 10.0 Å². The van der Waals surface area contributed by atoms with Crippen LogP contribution in [0.1, 0.15) is 34.7 Å². The van der Waals surface area contributed by atoms with Crippen molar-refractivity contribution < 1.29 is 22.8 Å². The number of hydrogen-bond donors (Lipinski definition) is 2. The summed E-state index contributed by atoms with van der Waals surface area (Å²) in [6.45, 7) is 3.91. The number of aliphatic hydroxyl groups is 1. The average molecular weight is 417 g/mol. The predicted octanol–water partition coefficient (Wildman–Crippen LogP) is 1.93. The van der Waals surface area contributed by atoms with Crippen LogP contribution >= 0.6 is 0 Å². The second kappa shape index (κ2) is 6.38. The minimum Gasteiger partial charge on any atom is -0.391 e. The van der Waals surface area contributed by atoms with Crippen LogP contribution in [-0.4, -0.2) is 47.6 Å². The van der Waals surface area contributed by atoms with Crippen LogP contribution in [0.4, 0.5) is 5.69 Å². The second-order valence-corrected chi connectivity index (χ2v) is 10.3. The van der Waals surface area contributed by atoms with E-state index in [9.17, 15) is 18.3 Å². The number of nitrogens with zero attached hydrogens (tertiary/aromatic N) is 2. The molecule has 0 spiro atoms. The molecule has 2 heterocycles. The number of aromatic nitrogens is 1. The maximum absolute atomic E-state index is 13.2. The molecule has 3 aliphatic rings. The Morgan fingerprint density at radius 2 is 1.93 bits per heavy atom. The van der Waals surface area contributed by atoms with E-state index in [1.807, 2.05) is 0 Å². The zero-order valence-corrected chi connectivity index (χ0v) is 17.0. The third-order valence-corrected chi connectivity index (χ3v) is 8.68. The first-order chi connectivity index (χ1) is 13.8. The Labute approximate surface area is 168 Å². The Bertz CT molecular complexity index is 1060. The first kappa shape index (κ1) is 18.8. The number of hydrogen-bond acceptors (Lipinski definition) is 6. The molecule has 5 rings (SSSR count). The molecule has 0 unspecified atom stereocenters. The highest BCUT2D eigenvalue weighted by molar-refractivity contribution is 7.89. The van der Waals surface area contributed by atoms with Crippen molar-refractivity contribution in [1.29, 1.82) is 0 Å². The normalized spacial score (nSPS) is 30.8. The topological polar surface area (TPSA) is 113 Å². The van der Waals surface area contributed by atoms with Gasteiger partial charge in [-0.2, -0.15) is 4.31 Å². The Balaban J connectivity index is 1.37. The van der Waals surface area contributed by atoms with E-state index in [4.69, 9.17) is 4.52 Å². The van der Waals surface area contributed by atoms with Gasteiger partial charge in [0.25, 0.3) is 5.91 Å². The number of nitrogens with one attached hydrogen (secondary N) is 1. The molecule has 154 valence electrons. The van der Waals surface area contributed by atoms with E-state index in [-0.39, 0.29) is 28.7 Å². The molecule has 2 N–H and O–H groups in total. The number of sulfonamides is 1. The number of anilines is 1. The van der Waals surface area contributed by atoms with Crippen molar-refractivity contribution in [3.05, 3.63) is 41.3 Å². The summed E-state index contributed by atoms with van der Waals surface area (Å²) in [5.74, 6) is 0.988. The van der Waals surface area contributed by atoms with Crippen LogP contribution < -0.4 is 5.32 Å². The monoisotopic (exact) mass is 417 g/mol. The maximum atomic E-state index is 13.2. The summed E-state index contributed by atoms with van der Waals surface area (Å²) < 4.78 is 32.9. The molecule has 8 nitrogen and oxygen atoms in total. The molecule has 3 fully saturated rings. The summed E-state index contributed by atoms with van der Waals surface area (Å²) in [7, 11) is -3.72. The fraction of sp³-hybridized carbons (Fsp3) is 0.500. The quantitative estimate of drug-likeness (QED) is 0.786. The Kier molecular flexibility index (Phi) is 4.13. The highest BCUT2D eigenvalue weighted by Gasteiger charge is 2.61. The highest BCUT2D eigenvalue weighted by Crippen LogP contribution is 2.56. The van der Waals surface area contributed by atoms with Gasteiger partial charge in [-0.25, -0.2) is 8.42 Å². The lowest BCUT2D eigenvalue weighted by Gasteiger charge is -2.28. The smallest absolute Gasteiger partial charge is 0.255 e. The molecular weight excluding hydrogens is 394 g/mol. The van der Waals surface area contributed by atoms with Crippen LogP contribution in [0.3, 0.4) is 0 Å². The number of carbonyl (C=O) groups excluding carboxylic acids is 1. The lowest BCUT2D eigenvalue weighted by atomic mass is 9.88. The van der Waals surface area contributed by atoms with E-state index in [2.05, 4.69) is 10.5 Å². The number of fused-ring (bicyclic) bond motifs is 1. The van der Waals surface area contributed by atoms with Gasteiger partial charge in [0.1, 0.15) is 11.4 Å². The molecule has 2 aromatic rings. The summed E-state index contributed by atoms with van der Waals surface area (Å²) >= 11 is 0. The highest BCUT2D eigenvalue weighted by atomic mass is 32.2. The van der Waals surface area contributed by atoms with Gasteiger partial charge in [0.15, 0.2) is 5.76 Å². The number of carbonyl (C=O) groups is 1. The van der Waals surface area contributed by atoms with E-state index in [1.165, 1.54) is 28.6 Å². The van der Waals surface area contributed by atoms with Gasteiger partial charge < -0.3 is 14.9 Å². The van der Waals surface area contributed by atoms with E-state index in [0.29, 0.717) is 35.2 Å². The molecule has 2 saturated carbocycles.